The summed E-state index contributed by atoms with van der Waals surface area (Å²) in [6.45, 7) is 6.11. The van der Waals surface area contributed by atoms with E-state index in [0.29, 0.717) is 24.2 Å². The van der Waals surface area contributed by atoms with E-state index in [4.69, 9.17) is 4.74 Å². The molecule has 1 heterocycles. The molecule has 0 aromatic heterocycles. The van der Waals surface area contributed by atoms with Gasteiger partial charge in [-0.15, -0.1) is 0 Å². The highest BCUT2D eigenvalue weighted by Crippen LogP contribution is 2.30. The standard InChI is InChI=1S/C14H18FNO2/c1-13(2,3)18-12(17)10-4-6-11(7-5-10)14(15)8-16-9-14/h4-7,16H,8-9H2,1-3H3. The van der Waals surface area contributed by atoms with E-state index in [-0.39, 0.29) is 5.97 Å². The molecule has 1 aromatic carbocycles. The third-order valence-corrected chi connectivity index (χ3v) is 2.85. The minimum atomic E-state index is -1.29. The fourth-order valence-corrected chi connectivity index (χ4v) is 1.79. The summed E-state index contributed by atoms with van der Waals surface area (Å²) in [4.78, 5) is 11.8. The number of esters is 1. The lowest BCUT2D eigenvalue weighted by Gasteiger charge is -2.35. The number of nitrogens with one attached hydrogen (secondary N) is 1. The van der Waals surface area contributed by atoms with Crippen molar-refractivity contribution in [3.8, 4) is 0 Å². The first-order valence-corrected chi connectivity index (χ1v) is 6.04. The fourth-order valence-electron chi connectivity index (χ4n) is 1.79. The van der Waals surface area contributed by atoms with Crippen molar-refractivity contribution in [3.63, 3.8) is 0 Å². The Bertz CT molecular complexity index is 444. The summed E-state index contributed by atoms with van der Waals surface area (Å²) in [5, 5.41) is 2.90. The Hall–Kier alpha value is -1.42. The van der Waals surface area contributed by atoms with Crippen molar-refractivity contribution in [1.29, 1.82) is 0 Å². The molecule has 0 unspecified atom stereocenters. The van der Waals surface area contributed by atoms with Gasteiger partial charge >= 0.3 is 5.97 Å². The molecule has 18 heavy (non-hydrogen) atoms. The molecule has 4 heteroatoms. The Morgan fingerprint density at radius 1 is 1.28 bits per heavy atom. The summed E-state index contributed by atoms with van der Waals surface area (Å²) in [5.41, 5.74) is -0.750. The lowest BCUT2D eigenvalue weighted by Crippen LogP contribution is -2.53. The van der Waals surface area contributed by atoms with Crippen molar-refractivity contribution in [2.24, 2.45) is 0 Å². The van der Waals surface area contributed by atoms with Gasteiger partial charge in [0.25, 0.3) is 0 Å². The van der Waals surface area contributed by atoms with Gasteiger partial charge in [0, 0.05) is 13.1 Å². The Morgan fingerprint density at radius 2 is 1.83 bits per heavy atom. The number of ether oxygens (including phenoxy) is 1. The summed E-state index contributed by atoms with van der Waals surface area (Å²) >= 11 is 0. The minimum absolute atomic E-state index is 0.332. The average Bonchev–Trinajstić information content (AvgIpc) is 2.24. The van der Waals surface area contributed by atoms with Gasteiger partial charge in [-0.3, -0.25) is 0 Å². The SMILES string of the molecule is CC(C)(C)OC(=O)c1ccc(C2(F)CNC2)cc1. The van der Waals surface area contributed by atoms with Crippen molar-refractivity contribution in [1.82, 2.24) is 5.32 Å². The van der Waals surface area contributed by atoms with Crippen LogP contribution in [-0.4, -0.2) is 24.7 Å². The van der Waals surface area contributed by atoms with Crippen molar-refractivity contribution >= 4 is 5.97 Å². The molecule has 1 aliphatic heterocycles. The highest BCUT2D eigenvalue weighted by Gasteiger charge is 2.38. The number of benzene rings is 1. The average molecular weight is 251 g/mol. The van der Waals surface area contributed by atoms with E-state index in [1.807, 2.05) is 20.8 Å². The highest BCUT2D eigenvalue weighted by atomic mass is 19.1. The van der Waals surface area contributed by atoms with Crippen LogP contribution < -0.4 is 5.32 Å². The van der Waals surface area contributed by atoms with Crippen LogP contribution in [0.4, 0.5) is 4.39 Å². The maximum absolute atomic E-state index is 14.1. The van der Waals surface area contributed by atoms with Gasteiger partial charge in [-0.25, -0.2) is 9.18 Å². The van der Waals surface area contributed by atoms with Gasteiger partial charge < -0.3 is 10.1 Å². The second-order valence-electron chi connectivity index (χ2n) is 5.65. The van der Waals surface area contributed by atoms with E-state index in [2.05, 4.69) is 5.32 Å². The Balaban J connectivity index is 2.10. The smallest absolute Gasteiger partial charge is 0.338 e. The third-order valence-electron chi connectivity index (χ3n) is 2.85. The normalized spacial score (nSPS) is 18.0. The molecule has 0 atom stereocenters. The first-order chi connectivity index (χ1) is 8.30. The van der Waals surface area contributed by atoms with E-state index < -0.39 is 11.3 Å². The van der Waals surface area contributed by atoms with E-state index in [1.54, 1.807) is 24.3 Å². The highest BCUT2D eigenvalue weighted by molar-refractivity contribution is 5.89. The van der Waals surface area contributed by atoms with Crippen LogP contribution in [0.25, 0.3) is 0 Å². The number of hydrogen-bond donors (Lipinski definition) is 1. The van der Waals surface area contributed by atoms with Crippen LogP contribution in [0.1, 0.15) is 36.7 Å². The summed E-state index contributed by atoms with van der Waals surface area (Å²) in [7, 11) is 0. The number of hydrogen-bond acceptors (Lipinski definition) is 3. The van der Waals surface area contributed by atoms with Gasteiger partial charge in [0.1, 0.15) is 5.60 Å². The maximum Gasteiger partial charge on any atom is 0.338 e. The zero-order valence-corrected chi connectivity index (χ0v) is 10.9. The molecule has 3 nitrogen and oxygen atoms in total. The molecule has 0 saturated carbocycles. The van der Waals surface area contributed by atoms with Crippen LogP contribution in [-0.2, 0) is 10.4 Å². The van der Waals surface area contributed by atoms with Crippen molar-refractivity contribution in [2.45, 2.75) is 32.0 Å². The van der Waals surface area contributed by atoms with Crippen LogP contribution >= 0.6 is 0 Å². The second kappa shape index (κ2) is 4.35. The molecule has 1 saturated heterocycles. The molecule has 1 N–H and O–H groups in total. The van der Waals surface area contributed by atoms with Crippen molar-refractivity contribution < 1.29 is 13.9 Å². The Labute approximate surface area is 106 Å². The largest absolute Gasteiger partial charge is 0.456 e. The van der Waals surface area contributed by atoms with Gasteiger partial charge in [0.05, 0.1) is 5.56 Å². The van der Waals surface area contributed by atoms with E-state index in [0.717, 1.165) is 0 Å². The molecular formula is C14H18FNO2. The number of carbonyl (C=O) groups excluding carboxylic acids is 1. The molecule has 0 bridgehead atoms. The fraction of sp³-hybridized carbons (Fsp3) is 0.500. The van der Waals surface area contributed by atoms with Gasteiger partial charge in [0.15, 0.2) is 5.67 Å². The number of rotatable bonds is 2. The molecule has 98 valence electrons. The van der Waals surface area contributed by atoms with E-state index >= 15 is 0 Å². The summed E-state index contributed by atoms with van der Waals surface area (Å²) in [6.07, 6.45) is 0. The van der Waals surface area contributed by atoms with Crippen LogP contribution in [0.3, 0.4) is 0 Å². The molecular weight excluding hydrogens is 233 g/mol. The second-order valence-corrected chi connectivity index (χ2v) is 5.65. The summed E-state index contributed by atoms with van der Waals surface area (Å²) in [5.74, 6) is -0.381. The molecule has 0 radical (unpaired) electrons. The molecule has 2 rings (SSSR count). The summed E-state index contributed by atoms with van der Waals surface area (Å²) < 4.78 is 19.3. The van der Waals surface area contributed by atoms with Crippen molar-refractivity contribution in [3.05, 3.63) is 35.4 Å². The van der Waals surface area contributed by atoms with Gasteiger partial charge in [-0.1, -0.05) is 12.1 Å². The molecule has 0 aliphatic carbocycles. The van der Waals surface area contributed by atoms with Gasteiger partial charge in [0.2, 0.25) is 0 Å². The van der Waals surface area contributed by atoms with Crippen LogP contribution in [0.5, 0.6) is 0 Å². The number of alkyl halides is 1. The molecule has 0 spiro atoms. The first-order valence-electron chi connectivity index (χ1n) is 6.04. The third kappa shape index (κ3) is 2.70. The summed E-state index contributed by atoms with van der Waals surface area (Å²) in [6, 6.07) is 6.53. The van der Waals surface area contributed by atoms with Gasteiger partial charge in [-0.05, 0) is 38.5 Å². The van der Waals surface area contributed by atoms with Crippen LogP contribution in [0.15, 0.2) is 24.3 Å². The maximum atomic E-state index is 14.1. The van der Waals surface area contributed by atoms with Crippen molar-refractivity contribution in [2.75, 3.05) is 13.1 Å². The lowest BCUT2D eigenvalue weighted by molar-refractivity contribution is 0.00691. The quantitative estimate of drug-likeness (QED) is 0.820. The lowest BCUT2D eigenvalue weighted by atomic mass is 9.89. The van der Waals surface area contributed by atoms with Crippen LogP contribution in [0.2, 0.25) is 0 Å². The first kappa shape index (κ1) is 13.0. The topological polar surface area (TPSA) is 38.3 Å². The van der Waals surface area contributed by atoms with E-state index in [9.17, 15) is 9.18 Å². The number of carbonyl (C=O) groups is 1. The molecule has 1 aromatic rings. The number of halogens is 1. The molecule has 0 amide bonds. The zero-order chi connectivity index (χ0) is 13.4. The Morgan fingerprint density at radius 3 is 2.22 bits per heavy atom. The Kier molecular flexibility index (Phi) is 3.15. The molecule has 1 fully saturated rings. The van der Waals surface area contributed by atoms with E-state index in [1.165, 1.54) is 0 Å². The molecule has 1 aliphatic rings. The monoisotopic (exact) mass is 251 g/mol. The predicted molar refractivity (Wildman–Crippen MR) is 67.3 cm³/mol. The predicted octanol–water partition coefficient (Wildman–Crippen LogP) is 2.41. The minimum Gasteiger partial charge on any atom is -0.456 e. The van der Waals surface area contributed by atoms with Gasteiger partial charge in [-0.2, -0.15) is 0 Å². The van der Waals surface area contributed by atoms with Crippen LogP contribution in [0, 0.1) is 0 Å². The zero-order valence-electron chi connectivity index (χ0n) is 10.9.